The van der Waals surface area contributed by atoms with Gasteiger partial charge in [0.1, 0.15) is 6.54 Å². The topological polar surface area (TPSA) is 92.8 Å². The van der Waals surface area contributed by atoms with Crippen molar-refractivity contribution in [1.29, 1.82) is 0 Å². The Morgan fingerprint density at radius 2 is 1.72 bits per heavy atom. The van der Waals surface area contributed by atoms with E-state index in [9.17, 15) is 18.0 Å². The molecule has 1 N–H and O–H groups in total. The van der Waals surface area contributed by atoms with Gasteiger partial charge in [0, 0.05) is 5.69 Å². The van der Waals surface area contributed by atoms with E-state index < -0.39 is 21.9 Å². The van der Waals surface area contributed by atoms with Gasteiger partial charge in [-0.2, -0.15) is 0 Å². The minimum atomic E-state index is -3.65. The van der Waals surface area contributed by atoms with Gasteiger partial charge in [0.25, 0.3) is 0 Å². The van der Waals surface area contributed by atoms with Crippen molar-refractivity contribution in [2.75, 3.05) is 29.0 Å². The Morgan fingerprint density at radius 1 is 1.07 bits per heavy atom. The number of anilines is 2. The number of hydrogen-bond donors (Lipinski definition) is 1. The van der Waals surface area contributed by atoms with Crippen LogP contribution < -0.4 is 9.62 Å². The molecule has 0 unspecified atom stereocenters. The lowest BCUT2D eigenvalue weighted by Crippen LogP contribution is -2.37. The number of ether oxygens (including phenoxy) is 1. The molecule has 0 aliphatic carbocycles. The van der Waals surface area contributed by atoms with Crippen LogP contribution in [-0.4, -0.2) is 39.7 Å². The maximum Gasteiger partial charge on any atom is 0.338 e. The third-order valence-corrected chi connectivity index (χ3v) is 5.47. The molecule has 0 aliphatic rings. The molecule has 0 bridgehead atoms. The lowest BCUT2D eigenvalue weighted by molar-refractivity contribution is -0.114. The monoisotopic (exact) mass is 418 g/mol. The van der Waals surface area contributed by atoms with Crippen LogP contribution >= 0.6 is 0 Å². The standard InChI is InChI=1S/C21H26N2O5S/c1-5-16-7-10-18(11-8-16)23(29(4,26)27)14-20(24)22-19-12-9-17(13-15(19)3)21(25)28-6-2/h7-13H,5-6,14H2,1-4H3,(H,22,24). The molecule has 0 radical (unpaired) electrons. The van der Waals surface area contributed by atoms with Gasteiger partial charge in [-0.1, -0.05) is 19.1 Å². The molecule has 1 amide bonds. The molecule has 2 aromatic rings. The predicted octanol–water partition coefficient (Wildman–Crippen LogP) is 3.14. The van der Waals surface area contributed by atoms with E-state index in [4.69, 9.17) is 4.74 Å². The van der Waals surface area contributed by atoms with Crippen molar-refractivity contribution in [2.45, 2.75) is 27.2 Å². The van der Waals surface area contributed by atoms with Gasteiger partial charge in [0.15, 0.2) is 0 Å². The quantitative estimate of drug-likeness (QED) is 0.665. The molecule has 0 atom stereocenters. The first-order chi connectivity index (χ1) is 13.7. The zero-order valence-electron chi connectivity index (χ0n) is 17.1. The summed E-state index contributed by atoms with van der Waals surface area (Å²) in [7, 11) is -3.65. The van der Waals surface area contributed by atoms with Crippen LogP contribution in [0, 0.1) is 6.92 Å². The van der Waals surface area contributed by atoms with Crippen molar-refractivity contribution >= 4 is 33.3 Å². The Morgan fingerprint density at radius 3 is 2.24 bits per heavy atom. The predicted molar refractivity (Wildman–Crippen MR) is 114 cm³/mol. The highest BCUT2D eigenvalue weighted by atomic mass is 32.2. The maximum atomic E-state index is 12.5. The number of amides is 1. The molecule has 2 rings (SSSR count). The first kappa shape index (κ1) is 22.4. The van der Waals surface area contributed by atoms with Crippen LogP contribution in [0.15, 0.2) is 42.5 Å². The van der Waals surface area contributed by atoms with E-state index >= 15 is 0 Å². The molecule has 0 fully saturated rings. The van der Waals surface area contributed by atoms with E-state index in [-0.39, 0.29) is 13.2 Å². The Balaban J connectivity index is 2.17. The summed E-state index contributed by atoms with van der Waals surface area (Å²) >= 11 is 0. The number of carbonyl (C=O) groups is 2. The van der Waals surface area contributed by atoms with E-state index in [1.165, 1.54) is 0 Å². The number of carbonyl (C=O) groups excluding carboxylic acids is 2. The maximum absolute atomic E-state index is 12.5. The Kier molecular flexibility index (Phi) is 7.39. The van der Waals surface area contributed by atoms with E-state index in [1.54, 1.807) is 44.2 Å². The van der Waals surface area contributed by atoms with Crippen molar-refractivity contribution in [3.8, 4) is 0 Å². The van der Waals surface area contributed by atoms with Crippen molar-refractivity contribution in [2.24, 2.45) is 0 Å². The molecule has 0 spiro atoms. The van der Waals surface area contributed by atoms with Crippen LogP contribution in [-0.2, 0) is 26.0 Å². The third-order valence-electron chi connectivity index (χ3n) is 4.33. The summed E-state index contributed by atoms with van der Waals surface area (Å²) in [5.41, 5.74) is 3.05. The highest BCUT2D eigenvalue weighted by Gasteiger charge is 2.21. The number of aryl methyl sites for hydroxylation is 2. The second-order valence-corrected chi connectivity index (χ2v) is 8.49. The fourth-order valence-electron chi connectivity index (χ4n) is 2.76. The minimum Gasteiger partial charge on any atom is -0.462 e. The average molecular weight is 419 g/mol. The van der Waals surface area contributed by atoms with Crippen LogP contribution in [0.3, 0.4) is 0 Å². The van der Waals surface area contributed by atoms with Gasteiger partial charge in [0.2, 0.25) is 15.9 Å². The van der Waals surface area contributed by atoms with Crippen LogP contribution in [0.1, 0.15) is 35.3 Å². The molecular weight excluding hydrogens is 392 g/mol. The van der Waals surface area contributed by atoms with Crippen LogP contribution in [0.5, 0.6) is 0 Å². The zero-order valence-corrected chi connectivity index (χ0v) is 17.9. The van der Waals surface area contributed by atoms with Gasteiger partial charge in [-0.05, 0) is 61.7 Å². The first-order valence-electron chi connectivity index (χ1n) is 9.30. The summed E-state index contributed by atoms with van der Waals surface area (Å²) in [6.45, 7) is 5.39. The lowest BCUT2D eigenvalue weighted by Gasteiger charge is -2.22. The molecular formula is C21H26N2O5S. The van der Waals surface area contributed by atoms with Gasteiger partial charge < -0.3 is 10.1 Å². The highest BCUT2D eigenvalue weighted by Crippen LogP contribution is 2.20. The minimum absolute atomic E-state index is 0.275. The summed E-state index contributed by atoms with van der Waals surface area (Å²) < 4.78 is 30.5. The molecule has 2 aromatic carbocycles. The number of rotatable bonds is 8. The zero-order chi connectivity index (χ0) is 21.6. The molecule has 0 saturated carbocycles. The van der Waals surface area contributed by atoms with E-state index in [0.29, 0.717) is 22.5 Å². The van der Waals surface area contributed by atoms with Crippen molar-refractivity contribution in [3.05, 3.63) is 59.2 Å². The van der Waals surface area contributed by atoms with Gasteiger partial charge in [-0.3, -0.25) is 9.10 Å². The average Bonchev–Trinajstić information content (AvgIpc) is 2.67. The van der Waals surface area contributed by atoms with Crippen molar-refractivity contribution < 1.29 is 22.7 Å². The summed E-state index contributed by atoms with van der Waals surface area (Å²) in [6, 6.07) is 11.8. The third kappa shape index (κ3) is 6.05. The normalized spacial score (nSPS) is 11.0. The molecule has 0 heterocycles. The van der Waals surface area contributed by atoms with Gasteiger partial charge >= 0.3 is 5.97 Å². The number of sulfonamides is 1. The largest absolute Gasteiger partial charge is 0.462 e. The van der Waals surface area contributed by atoms with E-state index in [2.05, 4.69) is 5.32 Å². The van der Waals surface area contributed by atoms with Crippen LogP contribution in [0.25, 0.3) is 0 Å². The van der Waals surface area contributed by atoms with Crippen LogP contribution in [0.2, 0.25) is 0 Å². The van der Waals surface area contributed by atoms with E-state index in [0.717, 1.165) is 22.5 Å². The van der Waals surface area contributed by atoms with Gasteiger partial charge in [-0.15, -0.1) is 0 Å². The highest BCUT2D eigenvalue weighted by molar-refractivity contribution is 7.92. The summed E-state index contributed by atoms with van der Waals surface area (Å²) in [4.78, 5) is 24.3. The Labute approximate surface area is 171 Å². The number of nitrogens with zero attached hydrogens (tertiary/aromatic N) is 1. The van der Waals surface area contributed by atoms with Crippen molar-refractivity contribution in [3.63, 3.8) is 0 Å². The SMILES string of the molecule is CCOC(=O)c1ccc(NC(=O)CN(c2ccc(CC)cc2)S(C)(=O)=O)c(C)c1. The summed E-state index contributed by atoms with van der Waals surface area (Å²) in [6.07, 6.45) is 1.90. The molecule has 0 aliphatic heterocycles. The molecule has 0 aromatic heterocycles. The second-order valence-electron chi connectivity index (χ2n) is 6.59. The lowest BCUT2D eigenvalue weighted by atomic mass is 10.1. The molecule has 29 heavy (non-hydrogen) atoms. The summed E-state index contributed by atoms with van der Waals surface area (Å²) in [5, 5.41) is 2.71. The molecule has 156 valence electrons. The smallest absolute Gasteiger partial charge is 0.338 e. The fourth-order valence-corrected chi connectivity index (χ4v) is 3.62. The Hall–Kier alpha value is -2.87. The van der Waals surface area contributed by atoms with E-state index in [1.807, 2.05) is 19.1 Å². The van der Waals surface area contributed by atoms with Gasteiger partial charge in [0.05, 0.1) is 24.1 Å². The Bertz CT molecular complexity index is 985. The van der Waals surface area contributed by atoms with Gasteiger partial charge in [-0.25, -0.2) is 13.2 Å². The number of nitrogens with one attached hydrogen (secondary N) is 1. The first-order valence-corrected chi connectivity index (χ1v) is 11.1. The van der Waals surface area contributed by atoms with Crippen LogP contribution in [0.4, 0.5) is 11.4 Å². The molecule has 7 nitrogen and oxygen atoms in total. The van der Waals surface area contributed by atoms with Crippen molar-refractivity contribution in [1.82, 2.24) is 0 Å². The number of hydrogen-bond acceptors (Lipinski definition) is 5. The number of benzene rings is 2. The number of esters is 1. The second kappa shape index (κ2) is 9.56. The fraction of sp³-hybridized carbons (Fsp3) is 0.333. The molecule has 8 heteroatoms. The summed E-state index contributed by atoms with van der Waals surface area (Å²) in [5.74, 6) is -0.922. The molecule has 0 saturated heterocycles.